The lowest BCUT2D eigenvalue weighted by Gasteiger charge is -2.37. The summed E-state index contributed by atoms with van der Waals surface area (Å²) in [6.07, 6.45) is 1.86. The number of likely N-dealkylation sites (N-methyl/N-ethyl adjacent to an activating group) is 1. The van der Waals surface area contributed by atoms with Crippen LogP contribution >= 0.6 is 0 Å². The first kappa shape index (κ1) is 16.0. The number of hydrogen-bond acceptors (Lipinski definition) is 3. The number of methoxy groups -OCH3 is 1. The summed E-state index contributed by atoms with van der Waals surface area (Å²) in [6.45, 7) is 1.07. The molecular formula is C18H20ClNO3. The van der Waals surface area contributed by atoms with Crippen LogP contribution < -0.4 is 22.0 Å². The molecule has 2 atom stereocenters. The van der Waals surface area contributed by atoms with Crippen LogP contribution in [0.3, 0.4) is 0 Å². The summed E-state index contributed by atoms with van der Waals surface area (Å²) in [5.74, 6) is 0.919. The van der Waals surface area contributed by atoms with Crippen molar-refractivity contribution < 1.29 is 32.3 Å². The van der Waals surface area contributed by atoms with Crippen molar-refractivity contribution in [1.82, 2.24) is 0 Å². The molecule has 0 fully saturated rings. The number of ether oxygens (including phenoxy) is 1. The third-order valence-corrected chi connectivity index (χ3v) is 5.12. The van der Waals surface area contributed by atoms with Crippen LogP contribution in [0.4, 0.5) is 0 Å². The summed E-state index contributed by atoms with van der Waals surface area (Å²) in [5.41, 5.74) is 5.37. The monoisotopic (exact) mass is 333 g/mol. The Labute approximate surface area is 141 Å². The molecule has 0 radical (unpaired) electrons. The number of aromatic hydroxyl groups is 2. The van der Waals surface area contributed by atoms with E-state index in [1.807, 2.05) is 18.2 Å². The van der Waals surface area contributed by atoms with E-state index in [0.29, 0.717) is 11.8 Å². The van der Waals surface area contributed by atoms with E-state index < -0.39 is 0 Å². The first-order valence-electron chi connectivity index (χ1n) is 7.67. The molecule has 4 rings (SSSR count). The fourth-order valence-corrected chi connectivity index (χ4v) is 4.02. The lowest BCUT2D eigenvalue weighted by Crippen LogP contribution is -3.10. The Morgan fingerprint density at radius 2 is 1.96 bits per heavy atom. The lowest BCUT2D eigenvalue weighted by molar-refractivity contribution is -0.914. The number of fused-ring (bicyclic) bond motifs is 2. The van der Waals surface area contributed by atoms with Gasteiger partial charge in [0.1, 0.15) is 11.8 Å². The summed E-state index contributed by atoms with van der Waals surface area (Å²) in [5, 5.41) is 20.7. The summed E-state index contributed by atoms with van der Waals surface area (Å²) in [4.78, 5) is 1.49. The molecular weight excluding hydrogens is 314 g/mol. The smallest absolute Gasteiger partial charge is 0.165 e. The highest BCUT2D eigenvalue weighted by Crippen LogP contribution is 2.48. The van der Waals surface area contributed by atoms with Gasteiger partial charge in [-0.2, -0.15) is 0 Å². The van der Waals surface area contributed by atoms with E-state index in [9.17, 15) is 10.2 Å². The molecule has 122 valence electrons. The minimum absolute atomic E-state index is 0. The molecule has 23 heavy (non-hydrogen) atoms. The van der Waals surface area contributed by atoms with E-state index in [2.05, 4.69) is 7.05 Å². The topological polar surface area (TPSA) is 54.1 Å². The maximum Gasteiger partial charge on any atom is 0.165 e. The number of benzene rings is 2. The van der Waals surface area contributed by atoms with Crippen LogP contribution in [-0.4, -0.2) is 30.9 Å². The molecule has 0 aromatic heterocycles. The average molecular weight is 334 g/mol. The van der Waals surface area contributed by atoms with E-state index in [1.54, 1.807) is 13.2 Å². The van der Waals surface area contributed by atoms with Gasteiger partial charge in [0.25, 0.3) is 0 Å². The second kappa shape index (κ2) is 5.62. The molecule has 1 heterocycles. The Morgan fingerprint density at radius 3 is 2.70 bits per heavy atom. The number of quaternary nitrogens is 1. The zero-order valence-corrected chi connectivity index (χ0v) is 13.9. The molecule has 0 bridgehead atoms. The first-order chi connectivity index (χ1) is 10.6. The SMILES string of the molecule is COc1ccc2c(c1O)-c1cc(O)cc3c1[C@@H](C2)[NH+](C)CC3.[Cl-]. The Balaban J connectivity index is 0.00000156. The number of halogens is 1. The van der Waals surface area contributed by atoms with Gasteiger partial charge < -0.3 is 32.3 Å². The van der Waals surface area contributed by atoms with E-state index >= 15 is 0 Å². The molecule has 5 heteroatoms. The molecule has 1 unspecified atom stereocenters. The molecule has 0 saturated heterocycles. The number of rotatable bonds is 1. The molecule has 1 aliphatic carbocycles. The van der Waals surface area contributed by atoms with E-state index in [-0.39, 0.29) is 23.9 Å². The summed E-state index contributed by atoms with van der Waals surface area (Å²) in [7, 11) is 3.78. The molecule has 4 nitrogen and oxygen atoms in total. The van der Waals surface area contributed by atoms with E-state index in [4.69, 9.17) is 4.74 Å². The maximum absolute atomic E-state index is 10.6. The third-order valence-electron chi connectivity index (χ3n) is 5.12. The fraction of sp³-hybridized carbons (Fsp3) is 0.333. The highest BCUT2D eigenvalue weighted by molar-refractivity contribution is 5.83. The van der Waals surface area contributed by atoms with Crippen molar-refractivity contribution >= 4 is 0 Å². The molecule has 1 aliphatic heterocycles. The highest BCUT2D eigenvalue weighted by atomic mass is 35.5. The van der Waals surface area contributed by atoms with Gasteiger partial charge in [-0.25, -0.2) is 0 Å². The average Bonchev–Trinajstić information content (AvgIpc) is 2.50. The van der Waals surface area contributed by atoms with Gasteiger partial charge in [0.15, 0.2) is 11.5 Å². The van der Waals surface area contributed by atoms with Gasteiger partial charge >= 0.3 is 0 Å². The zero-order chi connectivity index (χ0) is 15.4. The van der Waals surface area contributed by atoms with Crippen LogP contribution in [0.5, 0.6) is 17.2 Å². The first-order valence-corrected chi connectivity index (χ1v) is 7.67. The highest BCUT2D eigenvalue weighted by Gasteiger charge is 2.37. The van der Waals surface area contributed by atoms with Crippen LogP contribution in [0.1, 0.15) is 22.7 Å². The van der Waals surface area contributed by atoms with Crippen LogP contribution in [0.2, 0.25) is 0 Å². The minimum atomic E-state index is 0. The van der Waals surface area contributed by atoms with Crippen LogP contribution in [0.15, 0.2) is 24.3 Å². The summed E-state index contributed by atoms with van der Waals surface area (Å²) >= 11 is 0. The third kappa shape index (κ3) is 2.25. The Morgan fingerprint density at radius 1 is 1.17 bits per heavy atom. The quantitative estimate of drug-likeness (QED) is 0.592. The van der Waals surface area contributed by atoms with Crippen LogP contribution in [0.25, 0.3) is 11.1 Å². The summed E-state index contributed by atoms with van der Waals surface area (Å²) in [6, 6.07) is 7.89. The van der Waals surface area contributed by atoms with Crippen molar-refractivity contribution in [2.45, 2.75) is 18.9 Å². The number of phenols is 2. The van der Waals surface area contributed by atoms with Crippen molar-refractivity contribution in [3.05, 3.63) is 41.0 Å². The zero-order valence-electron chi connectivity index (χ0n) is 13.2. The van der Waals surface area contributed by atoms with Crippen molar-refractivity contribution in [1.29, 1.82) is 0 Å². The van der Waals surface area contributed by atoms with Crippen LogP contribution in [0, 0.1) is 0 Å². The second-order valence-corrected chi connectivity index (χ2v) is 6.32. The number of phenolic OH excluding ortho intramolecular Hbond substituents is 2. The standard InChI is InChI=1S/C18H19NO3.ClH/c1-19-6-5-11-7-12(20)9-13-16(11)14(19)8-10-3-4-15(22-2)18(21)17(10)13;/h3-4,7,9,14,20-21H,5-6,8H2,1-2H3;1H/t14-;/m1./s1. The van der Waals surface area contributed by atoms with Gasteiger partial charge in [-0.15, -0.1) is 0 Å². The Hall–Kier alpha value is -1.91. The molecule has 0 amide bonds. The molecule has 2 aromatic carbocycles. The van der Waals surface area contributed by atoms with E-state index in [1.165, 1.54) is 16.0 Å². The van der Waals surface area contributed by atoms with Gasteiger partial charge in [0.05, 0.1) is 20.7 Å². The molecule has 2 aliphatic rings. The van der Waals surface area contributed by atoms with Crippen molar-refractivity contribution in [3.63, 3.8) is 0 Å². The molecule has 0 spiro atoms. The van der Waals surface area contributed by atoms with Gasteiger partial charge in [-0.05, 0) is 34.9 Å². The van der Waals surface area contributed by atoms with Crippen molar-refractivity contribution in [3.8, 4) is 28.4 Å². The molecule has 0 saturated carbocycles. The van der Waals surface area contributed by atoms with Gasteiger partial charge in [0.2, 0.25) is 0 Å². The van der Waals surface area contributed by atoms with Crippen LogP contribution in [-0.2, 0) is 12.8 Å². The predicted molar refractivity (Wildman–Crippen MR) is 83.7 cm³/mol. The van der Waals surface area contributed by atoms with Crippen molar-refractivity contribution in [2.75, 3.05) is 20.7 Å². The van der Waals surface area contributed by atoms with E-state index in [0.717, 1.165) is 36.1 Å². The Kier molecular flexibility index (Phi) is 3.90. The summed E-state index contributed by atoms with van der Waals surface area (Å²) < 4.78 is 5.26. The van der Waals surface area contributed by atoms with Gasteiger partial charge in [0, 0.05) is 24.0 Å². The fourth-order valence-electron chi connectivity index (χ4n) is 4.02. The van der Waals surface area contributed by atoms with Gasteiger partial charge in [-0.3, -0.25) is 0 Å². The van der Waals surface area contributed by atoms with Crippen molar-refractivity contribution in [2.24, 2.45) is 0 Å². The molecule has 3 N–H and O–H groups in total. The second-order valence-electron chi connectivity index (χ2n) is 6.32. The molecule has 2 aromatic rings. The lowest BCUT2D eigenvalue weighted by atomic mass is 9.76. The van der Waals surface area contributed by atoms with Gasteiger partial charge in [-0.1, -0.05) is 6.07 Å². The Bertz CT molecular complexity index is 775. The maximum atomic E-state index is 10.6. The number of nitrogens with one attached hydrogen (secondary N) is 1. The number of hydrogen-bond donors (Lipinski definition) is 3. The predicted octanol–water partition coefficient (Wildman–Crippen LogP) is -1.55. The minimum Gasteiger partial charge on any atom is -1.00 e. The normalized spacial score (nSPS) is 21.0. The largest absolute Gasteiger partial charge is 1.00 e.